The largest absolute Gasteiger partial charge is 0.460 e. The minimum atomic E-state index is -0.494. The molecule has 0 amide bonds. The molecular weight excluding hydrogens is 258 g/mol. The Balaban J connectivity index is 1.98. The molecule has 0 unspecified atom stereocenters. The van der Waals surface area contributed by atoms with Crippen LogP contribution in [0.5, 0.6) is 0 Å². The van der Waals surface area contributed by atoms with Gasteiger partial charge in [-0.05, 0) is 19.1 Å². The number of ether oxygens (including phenoxy) is 1. The van der Waals surface area contributed by atoms with Crippen LogP contribution in [0.2, 0.25) is 0 Å². The molecule has 6 nitrogen and oxygen atoms in total. The van der Waals surface area contributed by atoms with Crippen molar-refractivity contribution in [3.05, 3.63) is 58.3 Å². The van der Waals surface area contributed by atoms with Crippen LogP contribution in [0.15, 0.2) is 41.5 Å². The van der Waals surface area contributed by atoms with Gasteiger partial charge in [-0.15, -0.1) is 0 Å². The first kappa shape index (κ1) is 13.8. The Kier molecular flexibility index (Phi) is 4.14. The molecule has 0 aromatic carbocycles. The zero-order chi connectivity index (χ0) is 14.5. The van der Waals surface area contributed by atoms with Gasteiger partial charge in [-0.25, -0.2) is 4.79 Å². The van der Waals surface area contributed by atoms with Crippen LogP contribution in [0, 0.1) is 6.92 Å². The van der Waals surface area contributed by atoms with E-state index in [1.807, 2.05) is 0 Å². The predicted octanol–water partition coefficient (Wildman–Crippen LogP) is 0.991. The lowest BCUT2D eigenvalue weighted by atomic mass is 10.2. The Morgan fingerprint density at radius 2 is 2.25 bits per heavy atom. The summed E-state index contributed by atoms with van der Waals surface area (Å²) in [6.07, 6.45) is 3.12. The first-order chi connectivity index (χ1) is 9.58. The van der Waals surface area contributed by atoms with Gasteiger partial charge in [0.1, 0.15) is 6.61 Å². The van der Waals surface area contributed by atoms with E-state index in [1.165, 1.54) is 22.9 Å². The molecule has 0 atom stereocenters. The summed E-state index contributed by atoms with van der Waals surface area (Å²) in [5.74, 6) is -0.494. The number of aromatic nitrogens is 2. The molecule has 2 aromatic rings. The zero-order valence-electron chi connectivity index (χ0n) is 11.1. The van der Waals surface area contributed by atoms with Crippen molar-refractivity contribution in [1.29, 1.82) is 0 Å². The Bertz CT molecular complexity index is 679. The minimum Gasteiger partial charge on any atom is -0.460 e. The Labute approximate surface area is 115 Å². The number of nitrogens with zero attached hydrogens (tertiary/aromatic N) is 2. The van der Waals surface area contributed by atoms with E-state index in [-0.39, 0.29) is 12.2 Å². The molecule has 6 heteroatoms. The normalized spacial score (nSPS) is 10.2. The van der Waals surface area contributed by atoms with E-state index < -0.39 is 5.97 Å². The molecule has 2 rings (SSSR count). The van der Waals surface area contributed by atoms with Crippen LogP contribution >= 0.6 is 0 Å². The third kappa shape index (κ3) is 3.23. The summed E-state index contributed by atoms with van der Waals surface area (Å²) in [4.78, 5) is 27.3. The van der Waals surface area contributed by atoms with Gasteiger partial charge >= 0.3 is 5.97 Å². The lowest BCUT2D eigenvalue weighted by Crippen LogP contribution is -2.21. The SMILES string of the molecule is Cc1ncc(N)cc1C(=O)OCCn1ccccc1=O. The average molecular weight is 273 g/mol. The maximum Gasteiger partial charge on any atom is 0.340 e. The fourth-order valence-corrected chi connectivity index (χ4v) is 1.72. The topological polar surface area (TPSA) is 87.2 Å². The van der Waals surface area contributed by atoms with Gasteiger partial charge in [-0.2, -0.15) is 0 Å². The first-order valence-corrected chi connectivity index (χ1v) is 6.12. The van der Waals surface area contributed by atoms with Gasteiger partial charge in [0.05, 0.1) is 29.7 Å². The number of nitrogen functional groups attached to an aromatic ring is 1. The van der Waals surface area contributed by atoms with Crippen LogP contribution in [0.1, 0.15) is 16.1 Å². The molecular formula is C14H15N3O3. The van der Waals surface area contributed by atoms with Crippen LogP contribution in [-0.2, 0) is 11.3 Å². The van der Waals surface area contributed by atoms with Crippen LogP contribution < -0.4 is 11.3 Å². The monoisotopic (exact) mass is 273 g/mol. The van der Waals surface area contributed by atoms with E-state index in [4.69, 9.17) is 10.5 Å². The molecule has 0 fully saturated rings. The number of rotatable bonds is 4. The number of pyridine rings is 2. The summed E-state index contributed by atoms with van der Waals surface area (Å²) in [5, 5.41) is 0. The van der Waals surface area contributed by atoms with Gasteiger partial charge in [0, 0.05) is 12.3 Å². The third-order valence-corrected chi connectivity index (χ3v) is 2.79. The highest BCUT2D eigenvalue weighted by molar-refractivity contribution is 5.91. The van der Waals surface area contributed by atoms with E-state index in [9.17, 15) is 9.59 Å². The highest BCUT2D eigenvalue weighted by atomic mass is 16.5. The molecule has 0 aliphatic heterocycles. The van der Waals surface area contributed by atoms with E-state index in [0.29, 0.717) is 23.5 Å². The summed E-state index contributed by atoms with van der Waals surface area (Å²) < 4.78 is 6.60. The molecule has 2 heterocycles. The van der Waals surface area contributed by atoms with Gasteiger partial charge in [-0.1, -0.05) is 6.07 Å². The number of carbonyl (C=O) groups excluding carboxylic acids is 1. The molecule has 0 saturated carbocycles. The molecule has 0 aliphatic carbocycles. The van der Waals surface area contributed by atoms with Gasteiger partial charge < -0.3 is 15.0 Å². The maximum absolute atomic E-state index is 11.9. The van der Waals surface area contributed by atoms with Crippen LogP contribution in [-0.4, -0.2) is 22.1 Å². The fourth-order valence-electron chi connectivity index (χ4n) is 1.72. The summed E-state index contributed by atoms with van der Waals surface area (Å²) in [7, 11) is 0. The molecule has 0 aliphatic rings. The fraction of sp³-hybridized carbons (Fsp3) is 0.214. The summed E-state index contributed by atoms with van der Waals surface area (Å²) in [6.45, 7) is 2.12. The second-order valence-electron chi connectivity index (χ2n) is 4.27. The number of hydrogen-bond acceptors (Lipinski definition) is 5. The van der Waals surface area contributed by atoms with Crippen LogP contribution in [0.4, 0.5) is 5.69 Å². The summed E-state index contributed by atoms with van der Waals surface area (Å²) in [6, 6.07) is 6.38. The van der Waals surface area contributed by atoms with Crippen molar-refractivity contribution in [2.75, 3.05) is 12.3 Å². The van der Waals surface area contributed by atoms with Crippen molar-refractivity contribution < 1.29 is 9.53 Å². The number of aryl methyl sites for hydroxylation is 1. The second-order valence-corrected chi connectivity index (χ2v) is 4.27. The molecule has 104 valence electrons. The van der Waals surface area contributed by atoms with E-state index in [0.717, 1.165) is 0 Å². The summed E-state index contributed by atoms with van der Waals surface area (Å²) in [5.41, 5.74) is 6.75. The minimum absolute atomic E-state index is 0.108. The molecule has 0 saturated heterocycles. The van der Waals surface area contributed by atoms with E-state index in [1.54, 1.807) is 25.3 Å². The predicted molar refractivity (Wildman–Crippen MR) is 74.4 cm³/mol. The van der Waals surface area contributed by atoms with E-state index in [2.05, 4.69) is 4.98 Å². The Morgan fingerprint density at radius 3 is 3.00 bits per heavy atom. The molecule has 0 radical (unpaired) electrons. The standard InChI is InChI=1S/C14H15N3O3/c1-10-12(8-11(15)9-16-10)14(19)20-7-6-17-5-3-2-4-13(17)18/h2-5,8-9H,6-7,15H2,1H3. The van der Waals surface area contributed by atoms with Gasteiger partial charge in [-0.3, -0.25) is 9.78 Å². The first-order valence-electron chi connectivity index (χ1n) is 6.12. The third-order valence-electron chi connectivity index (χ3n) is 2.79. The molecule has 2 N–H and O–H groups in total. The molecule has 0 spiro atoms. The van der Waals surface area contributed by atoms with Crippen LogP contribution in [0.3, 0.4) is 0 Å². The zero-order valence-corrected chi connectivity index (χ0v) is 11.1. The highest BCUT2D eigenvalue weighted by Crippen LogP contribution is 2.10. The molecule has 2 aromatic heterocycles. The number of hydrogen-bond donors (Lipinski definition) is 1. The number of esters is 1. The van der Waals surface area contributed by atoms with E-state index >= 15 is 0 Å². The lowest BCUT2D eigenvalue weighted by molar-refractivity contribution is 0.0489. The van der Waals surface area contributed by atoms with Crippen molar-refractivity contribution in [3.8, 4) is 0 Å². The number of carbonyl (C=O) groups is 1. The summed E-state index contributed by atoms with van der Waals surface area (Å²) >= 11 is 0. The van der Waals surface area contributed by atoms with Crippen molar-refractivity contribution in [2.24, 2.45) is 0 Å². The average Bonchev–Trinajstić information content (AvgIpc) is 2.43. The van der Waals surface area contributed by atoms with Crippen molar-refractivity contribution >= 4 is 11.7 Å². The smallest absolute Gasteiger partial charge is 0.340 e. The Morgan fingerprint density at radius 1 is 1.45 bits per heavy atom. The number of anilines is 1. The van der Waals surface area contributed by atoms with Gasteiger partial charge in [0.25, 0.3) is 5.56 Å². The van der Waals surface area contributed by atoms with Crippen molar-refractivity contribution in [1.82, 2.24) is 9.55 Å². The number of nitrogens with two attached hydrogens (primary N) is 1. The van der Waals surface area contributed by atoms with Crippen molar-refractivity contribution in [3.63, 3.8) is 0 Å². The second kappa shape index (κ2) is 6.01. The van der Waals surface area contributed by atoms with Gasteiger partial charge in [0.15, 0.2) is 0 Å². The van der Waals surface area contributed by atoms with Crippen molar-refractivity contribution in [2.45, 2.75) is 13.5 Å². The van der Waals surface area contributed by atoms with Crippen LogP contribution in [0.25, 0.3) is 0 Å². The molecule has 20 heavy (non-hydrogen) atoms. The highest BCUT2D eigenvalue weighted by Gasteiger charge is 2.11. The molecule has 0 bridgehead atoms. The Hall–Kier alpha value is -2.63. The lowest BCUT2D eigenvalue weighted by Gasteiger charge is -2.08. The quantitative estimate of drug-likeness (QED) is 0.839. The maximum atomic E-state index is 11.9. The van der Waals surface area contributed by atoms with Gasteiger partial charge in [0.2, 0.25) is 0 Å².